The highest BCUT2D eigenvalue weighted by Gasteiger charge is 2.44. The van der Waals surface area contributed by atoms with Crippen molar-refractivity contribution in [3.05, 3.63) is 71.8 Å². The Bertz CT molecular complexity index is 1510. The van der Waals surface area contributed by atoms with Crippen LogP contribution in [0, 0.1) is 5.92 Å². The summed E-state index contributed by atoms with van der Waals surface area (Å²) in [5, 5.41) is 21.5. The highest BCUT2D eigenvalue weighted by Crippen LogP contribution is 2.47. The van der Waals surface area contributed by atoms with Gasteiger partial charge < -0.3 is 42.7 Å². The van der Waals surface area contributed by atoms with Crippen molar-refractivity contribution in [2.24, 2.45) is 17.4 Å². The van der Waals surface area contributed by atoms with Crippen molar-refractivity contribution < 1.29 is 29.1 Å². The second kappa shape index (κ2) is 19.7. The quantitative estimate of drug-likeness (QED) is 0.0935. The summed E-state index contributed by atoms with van der Waals surface area (Å²) >= 11 is 0. The molecule has 13 nitrogen and oxygen atoms in total. The van der Waals surface area contributed by atoms with Crippen molar-refractivity contribution in [3.8, 4) is 0 Å². The fourth-order valence-electron chi connectivity index (χ4n) is 6.95. The number of carbonyl (C=O) groups is 5. The van der Waals surface area contributed by atoms with Gasteiger partial charge in [0.25, 0.3) is 0 Å². The van der Waals surface area contributed by atoms with Gasteiger partial charge in [-0.05, 0) is 87.8 Å². The lowest BCUT2D eigenvalue weighted by Crippen LogP contribution is -2.60. The number of unbranched alkanes of at least 4 members (excludes halogenated alkanes) is 1. The molecular weight excluding hydrogens is 674 g/mol. The zero-order chi connectivity index (χ0) is 38.4. The SMILES string of the molecule is CC(C)C[C@@H](NC(=O)[C@@H](CCc1ccccc1)NC(=O)CNCC1(c2ccccc2)CC1)C(=O)N[C@H](CCCCN)C(=O)N1CCC(N)(C(=O)O)CC1. The van der Waals surface area contributed by atoms with E-state index in [1.807, 2.05) is 62.4 Å². The van der Waals surface area contributed by atoms with E-state index in [0.29, 0.717) is 51.6 Å². The largest absolute Gasteiger partial charge is 0.480 e. The number of rotatable bonds is 21. The second-order valence-corrected chi connectivity index (χ2v) is 15.2. The molecule has 1 saturated heterocycles. The molecule has 9 N–H and O–H groups in total. The molecule has 13 heteroatoms. The van der Waals surface area contributed by atoms with Crippen LogP contribution in [0.25, 0.3) is 0 Å². The summed E-state index contributed by atoms with van der Waals surface area (Å²) in [5.41, 5.74) is 12.6. The van der Waals surface area contributed by atoms with Crippen molar-refractivity contribution >= 4 is 29.6 Å². The summed E-state index contributed by atoms with van der Waals surface area (Å²) in [4.78, 5) is 68.0. The first-order valence-electron chi connectivity index (χ1n) is 19.1. The lowest BCUT2D eigenvalue weighted by atomic mass is 9.88. The zero-order valence-electron chi connectivity index (χ0n) is 31.3. The van der Waals surface area contributed by atoms with Crippen molar-refractivity contribution in [1.29, 1.82) is 0 Å². The molecule has 0 bridgehead atoms. The molecule has 0 spiro atoms. The molecule has 2 fully saturated rings. The van der Waals surface area contributed by atoms with Crippen LogP contribution >= 0.6 is 0 Å². The third kappa shape index (κ3) is 12.4. The molecule has 3 atom stereocenters. The number of amides is 4. The van der Waals surface area contributed by atoms with Gasteiger partial charge >= 0.3 is 5.97 Å². The molecule has 1 heterocycles. The summed E-state index contributed by atoms with van der Waals surface area (Å²) in [7, 11) is 0. The fourth-order valence-corrected chi connectivity index (χ4v) is 6.95. The Balaban J connectivity index is 1.42. The molecule has 53 heavy (non-hydrogen) atoms. The maximum Gasteiger partial charge on any atom is 0.323 e. The number of benzene rings is 2. The van der Waals surface area contributed by atoms with Gasteiger partial charge in [-0.15, -0.1) is 0 Å². The molecule has 2 aromatic carbocycles. The van der Waals surface area contributed by atoms with Crippen molar-refractivity contribution in [3.63, 3.8) is 0 Å². The van der Waals surface area contributed by atoms with Gasteiger partial charge in [-0.3, -0.25) is 24.0 Å². The third-order valence-electron chi connectivity index (χ3n) is 10.5. The predicted octanol–water partition coefficient (Wildman–Crippen LogP) is 1.97. The Hall–Kier alpha value is -4.33. The molecule has 2 aromatic rings. The standard InChI is InChI=1S/C40H59N7O6/c1-28(2)25-33(36(50)45-32(15-9-10-22-41)37(51)47-23-20-40(42,21-24-47)38(52)53)46-35(49)31(17-16-29-11-5-3-6-12-29)44-34(48)26-43-27-39(18-19-39)30-13-7-4-8-14-30/h3-8,11-14,28,31-33,43H,9-10,15-27,41-42H2,1-2H3,(H,44,48)(H,45,50)(H,46,49)(H,52,53)/t31-,32-,33-/m1/s1. The Kier molecular flexibility index (Phi) is 15.4. The smallest absolute Gasteiger partial charge is 0.323 e. The maximum atomic E-state index is 13.9. The first-order chi connectivity index (χ1) is 25.4. The van der Waals surface area contributed by atoms with Crippen LogP contribution in [0.5, 0.6) is 0 Å². The number of nitrogens with two attached hydrogens (primary N) is 2. The summed E-state index contributed by atoms with van der Waals surface area (Å²) in [5.74, 6) is -2.70. The summed E-state index contributed by atoms with van der Waals surface area (Å²) in [6.07, 6.45) is 5.03. The van der Waals surface area contributed by atoms with Gasteiger partial charge in [0.05, 0.1) is 6.54 Å². The fraction of sp³-hybridized carbons (Fsp3) is 0.575. The minimum Gasteiger partial charge on any atom is -0.480 e. The van der Waals surface area contributed by atoms with E-state index in [-0.39, 0.29) is 55.6 Å². The molecule has 1 aliphatic carbocycles. The number of aliphatic carboxylic acids is 1. The number of hydrogen-bond acceptors (Lipinski definition) is 8. The molecule has 1 saturated carbocycles. The van der Waals surface area contributed by atoms with Crippen LogP contribution < -0.4 is 32.7 Å². The lowest BCUT2D eigenvalue weighted by molar-refractivity contribution is -0.148. The average Bonchev–Trinajstić information content (AvgIpc) is 3.94. The maximum absolute atomic E-state index is 13.9. The zero-order valence-corrected chi connectivity index (χ0v) is 31.3. The van der Waals surface area contributed by atoms with Crippen LogP contribution in [0.4, 0.5) is 0 Å². The average molecular weight is 734 g/mol. The van der Waals surface area contributed by atoms with E-state index in [2.05, 4.69) is 33.4 Å². The molecule has 290 valence electrons. The van der Waals surface area contributed by atoms with Crippen LogP contribution in [0.15, 0.2) is 60.7 Å². The van der Waals surface area contributed by atoms with Crippen LogP contribution in [0.1, 0.15) is 82.8 Å². The van der Waals surface area contributed by atoms with Crippen LogP contribution in [-0.2, 0) is 35.8 Å². The number of piperidine rings is 1. The lowest BCUT2D eigenvalue weighted by Gasteiger charge is -2.38. The third-order valence-corrected chi connectivity index (χ3v) is 10.5. The molecule has 0 unspecified atom stereocenters. The van der Waals surface area contributed by atoms with E-state index in [1.54, 1.807) is 4.90 Å². The van der Waals surface area contributed by atoms with Crippen LogP contribution in [0.2, 0.25) is 0 Å². The Morgan fingerprint density at radius 2 is 1.40 bits per heavy atom. The number of likely N-dealkylation sites (tertiary alicyclic amines) is 1. The molecule has 2 aliphatic rings. The number of aryl methyl sites for hydroxylation is 1. The second-order valence-electron chi connectivity index (χ2n) is 15.2. The first kappa shape index (κ1) is 41.4. The summed E-state index contributed by atoms with van der Waals surface area (Å²) in [6, 6.07) is 17.2. The number of hydrogen-bond donors (Lipinski definition) is 7. The minimum absolute atomic E-state index is 0.0219. The highest BCUT2D eigenvalue weighted by atomic mass is 16.4. The van der Waals surface area contributed by atoms with E-state index in [0.717, 1.165) is 18.4 Å². The van der Waals surface area contributed by atoms with E-state index in [9.17, 15) is 29.1 Å². The van der Waals surface area contributed by atoms with Crippen molar-refractivity contribution in [2.75, 3.05) is 32.7 Å². The van der Waals surface area contributed by atoms with E-state index in [1.165, 1.54) is 5.56 Å². The first-order valence-corrected chi connectivity index (χ1v) is 19.1. The van der Waals surface area contributed by atoms with Crippen LogP contribution in [0.3, 0.4) is 0 Å². The minimum atomic E-state index is -1.40. The van der Waals surface area contributed by atoms with E-state index >= 15 is 0 Å². The van der Waals surface area contributed by atoms with Gasteiger partial charge in [-0.25, -0.2) is 0 Å². The molecule has 4 rings (SSSR count). The molecule has 4 amide bonds. The Morgan fingerprint density at radius 1 is 0.792 bits per heavy atom. The van der Waals surface area contributed by atoms with Gasteiger partial charge in [0.2, 0.25) is 23.6 Å². The number of carboxylic acid groups (broad SMARTS) is 1. The molecule has 0 aromatic heterocycles. The number of nitrogens with one attached hydrogen (secondary N) is 4. The molecule has 1 aliphatic heterocycles. The summed E-state index contributed by atoms with van der Waals surface area (Å²) < 4.78 is 0. The number of nitrogens with zero attached hydrogens (tertiary/aromatic N) is 1. The highest BCUT2D eigenvalue weighted by molar-refractivity contribution is 5.94. The van der Waals surface area contributed by atoms with Gasteiger partial charge in [-0.1, -0.05) is 74.5 Å². The Morgan fingerprint density at radius 3 is 1.98 bits per heavy atom. The van der Waals surface area contributed by atoms with E-state index in [4.69, 9.17) is 11.5 Å². The number of carbonyl (C=O) groups excluding carboxylic acids is 4. The van der Waals surface area contributed by atoms with Gasteiger partial charge in [-0.2, -0.15) is 0 Å². The topological polar surface area (TPSA) is 209 Å². The normalized spacial score (nSPS) is 17.6. The van der Waals surface area contributed by atoms with Gasteiger partial charge in [0, 0.05) is 25.0 Å². The molecule has 0 radical (unpaired) electrons. The monoisotopic (exact) mass is 733 g/mol. The van der Waals surface area contributed by atoms with Crippen molar-refractivity contribution in [2.45, 2.75) is 107 Å². The van der Waals surface area contributed by atoms with Crippen LogP contribution in [-0.4, -0.2) is 96.0 Å². The van der Waals surface area contributed by atoms with Crippen molar-refractivity contribution in [1.82, 2.24) is 26.2 Å². The van der Waals surface area contributed by atoms with Gasteiger partial charge in [0.1, 0.15) is 23.7 Å². The van der Waals surface area contributed by atoms with Gasteiger partial charge in [0.15, 0.2) is 0 Å². The number of carboxylic acids is 1. The Labute approximate surface area is 313 Å². The molecular formula is C40H59N7O6. The summed E-state index contributed by atoms with van der Waals surface area (Å²) in [6.45, 7) is 5.31. The predicted molar refractivity (Wildman–Crippen MR) is 204 cm³/mol. The van der Waals surface area contributed by atoms with E-state index < -0.39 is 41.4 Å².